The summed E-state index contributed by atoms with van der Waals surface area (Å²) in [5, 5.41) is 8.29. The fraction of sp³-hybridized carbons (Fsp3) is 0.286. The second kappa shape index (κ2) is 7.45. The first-order chi connectivity index (χ1) is 11.6. The number of nitrogens with zero attached hydrogens (tertiary/aromatic N) is 2. The van der Waals surface area contributed by atoms with Crippen molar-refractivity contribution in [3.63, 3.8) is 0 Å². The van der Waals surface area contributed by atoms with Crippen LogP contribution in [0.5, 0.6) is 0 Å². The third kappa shape index (κ3) is 3.74. The molecule has 0 unspecified atom stereocenters. The van der Waals surface area contributed by atoms with Gasteiger partial charge in [-0.05, 0) is 37.5 Å². The van der Waals surface area contributed by atoms with Crippen molar-refractivity contribution in [1.29, 1.82) is 0 Å². The topological polar surface area (TPSA) is 29.9 Å². The van der Waals surface area contributed by atoms with Gasteiger partial charge in [-0.1, -0.05) is 54.6 Å². The molecule has 0 radical (unpaired) electrons. The highest BCUT2D eigenvalue weighted by Gasteiger charge is 2.11. The van der Waals surface area contributed by atoms with Crippen molar-refractivity contribution >= 4 is 0 Å². The van der Waals surface area contributed by atoms with Crippen LogP contribution in [-0.4, -0.2) is 9.78 Å². The molecular weight excluding hydrogens is 294 g/mol. The molecule has 0 aliphatic carbocycles. The van der Waals surface area contributed by atoms with Crippen molar-refractivity contribution in [2.45, 2.75) is 40.4 Å². The normalized spacial score (nSPS) is 11.0. The molecule has 0 saturated heterocycles. The third-order valence-electron chi connectivity index (χ3n) is 4.59. The lowest BCUT2D eigenvalue weighted by Crippen LogP contribution is -2.14. The van der Waals surface area contributed by atoms with Crippen LogP contribution in [0.3, 0.4) is 0 Å². The minimum absolute atomic E-state index is 0.825. The first-order valence-electron chi connectivity index (χ1n) is 8.47. The summed E-state index contributed by atoms with van der Waals surface area (Å²) in [7, 11) is 0. The van der Waals surface area contributed by atoms with Crippen LogP contribution in [0.4, 0.5) is 0 Å². The molecule has 124 valence electrons. The molecular formula is C21H25N3. The van der Waals surface area contributed by atoms with Crippen molar-refractivity contribution in [1.82, 2.24) is 15.1 Å². The van der Waals surface area contributed by atoms with E-state index in [1.165, 1.54) is 27.9 Å². The maximum Gasteiger partial charge on any atom is 0.0662 e. The fourth-order valence-electron chi connectivity index (χ4n) is 3.03. The van der Waals surface area contributed by atoms with Crippen molar-refractivity contribution in [2.24, 2.45) is 0 Å². The molecule has 24 heavy (non-hydrogen) atoms. The molecule has 3 heteroatoms. The van der Waals surface area contributed by atoms with Gasteiger partial charge >= 0.3 is 0 Å². The Hall–Kier alpha value is -2.39. The molecule has 0 aliphatic heterocycles. The lowest BCUT2D eigenvalue weighted by Gasteiger charge is -2.09. The van der Waals surface area contributed by atoms with Gasteiger partial charge in [-0.3, -0.25) is 4.68 Å². The number of aryl methyl sites for hydroxylation is 2. The average Bonchev–Trinajstić information content (AvgIpc) is 2.85. The van der Waals surface area contributed by atoms with Gasteiger partial charge in [0.2, 0.25) is 0 Å². The van der Waals surface area contributed by atoms with Gasteiger partial charge in [0.05, 0.1) is 12.2 Å². The van der Waals surface area contributed by atoms with E-state index in [0.29, 0.717) is 0 Å². The van der Waals surface area contributed by atoms with Crippen molar-refractivity contribution in [2.75, 3.05) is 0 Å². The van der Waals surface area contributed by atoms with Gasteiger partial charge in [0.15, 0.2) is 0 Å². The van der Waals surface area contributed by atoms with Gasteiger partial charge in [0.1, 0.15) is 0 Å². The molecule has 1 N–H and O–H groups in total. The first-order valence-corrected chi connectivity index (χ1v) is 8.47. The summed E-state index contributed by atoms with van der Waals surface area (Å²) in [6.45, 7) is 8.97. The highest BCUT2D eigenvalue weighted by molar-refractivity contribution is 5.27. The Morgan fingerprint density at radius 2 is 1.58 bits per heavy atom. The van der Waals surface area contributed by atoms with E-state index in [2.05, 4.69) is 79.3 Å². The zero-order valence-corrected chi connectivity index (χ0v) is 14.7. The van der Waals surface area contributed by atoms with Gasteiger partial charge in [-0.2, -0.15) is 5.10 Å². The Balaban J connectivity index is 1.67. The number of nitrogens with one attached hydrogen (secondary N) is 1. The van der Waals surface area contributed by atoms with Crippen LogP contribution in [0.25, 0.3) is 0 Å². The number of rotatable bonds is 6. The second-order valence-corrected chi connectivity index (χ2v) is 6.32. The molecule has 3 rings (SSSR count). The lowest BCUT2D eigenvalue weighted by atomic mass is 10.1. The van der Waals surface area contributed by atoms with E-state index in [1.807, 2.05) is 6.07 Å². The largest absolute Gasteiger partial charge is 0.308 e. The Morgan fingerprint density at radius 3 is 2.33 bits per heavy atom. The summed E-state index contributed by atoms with van der Waals surface area (Å²) in [5.74, 6) is 0. The second-order valence-electron chi connectivity index (χ2n) is 6.32. The number of aromatic nitrogens is 2. The highest BCUT2D eigenvalue weighted by atomic mass is 15.3. The van der Waals surface area contributed by atoms with Crippen LogP contribution < -0.4 is 5.32 Å². The van der Waals surface area contributed by atoms with Crippen LogP contribution in [0, 0.1) is 20.8 Å². The van der Waals surface area contributed by atoms with Crippen molar-refractivity contribution in [3.8, 4) is 0 Å². The molecule has 1 heterocycles. The molecule has 0 amide bonds. The molecule has 2 aromatic carbocycles. The molecule has 3 aromatic rings. The molecule has 0 saturated carbocycles. The summed E-state index contributed by atoms with van der Waals surface area (Å²) in [6, 6.07) is 19.0. The van der Waals surface area contributed by atoms with Crippen LogP contribution >= 0.6 is 0 Å². The van der Waals surface area contributed by atoms with Gasteiger partial charge in [0.25, 0.3) is 0 Å². The highest BCUT2D eigenvalue weighted by Crippen LogP contribution is 2.15. The standard InChI is InChI=1S/C21H25N3/c1-16-9-7-8-12-20(16)13-22-14-21-17(2)23-24(18(21)3)15-19-10-5-4-6-11-19/h4-12,22H,13-15H2,1-3H3. The van der Waals surface area contributed by atoms with E-state index in [4.69, 9.17) is 5.10 Å². The Kier molecular flexibility index (Phi) is 5.11. The maximum absolute atomic E-state index is 4.73. The van der Waals surface area contributed by atoms with Crippen LogP contribution in [0.15, 0.2) is 54.6 Å². The van der Waals surface area contributed by atoms with Crippen molar-refractivity contribution in [3.05, 3.63) is 88.2 Å². The van der Waals surface area contributed by atoms with Crippen LogP contribution in [0.2, 0.25) is 0 Å². The summed E-state index contributed by atoms with van der Waals surface area (Å²) >= 11 is 0. The molecule has 0 fully saturated rings. The molecule has 0 aliphatic rings. The zero-order chi connectivity index (χ0) is 16.9. The minimum Gasteiger partial charge on any atom is -0.308 e. The minimum atomic E-state index is 0.825. The van der Waals surface area contributed by atoms with E-state index in [1.54, 1.807) is 0 Å². The average molecular weight is 319 g/mol. The van der Waals surface area contributed by atoms with E-state index in [0.717, 1.165) is 25.3 Å². The lowest BCUT2D eigenvalue weighted by molar-refractivity contribution is 0.652. The monoisotopic (exact) mass is 319 g/mol. The third-order valence-corrected chi connectivity index (χ3v) is 4.59. The number of benzene rings is 2. The maximum atomic E-state index is 4.73. The van der Waals surface area contributed by atoms with E-state index in [-0.39, 0.29) is 0 Å². The van der Waals surface area contributed by atoms with Gasteiger partial charge in [-0.25, -0.2) is 0 Å². The SMILES string of the molecule is Cc1ccccc1CNCc1c(C)nn(Cc2ccccc2)c1C. The van der Waals surface area contributed by atoms with Crippen LogP contribution in [-0.2, 0) is 19.6 Å². The Morgan fingerprint density at radius 1 is 0.875 bits per heavy atom. The summed E-state index contributed by atoms with van der Waals surface area (Å²) in [5.41, 5.74) is 7.62. The van der Waals surface area contributed by atoms with Crippen LogP contribution in [0.1, 0.15) is 33.6 Å². The Bertz CT molecular complexity index is 803. The molecule has 1 aromatic heterocycles. The molecule has 3 nitrogen and oxygen atoms in total. The first kappa shape index (κ1) is 16.5. The summed E-state index contributed by atoms with van der Waals surface area (Å²) in [4.78, 5) is 0. The molecule has 0 atom stereocenters. The fourth-order valence-corrected chi connectivity index (χ4v) is 3.03. The summed E-state index contributed by atoms with van der Waals surface area (Å²) < 4.78 is 2.11. The predicted octanol–water partition coefficient (Wildman–Crippen LogP) is 4.15. The quantitative estimate of drug-likeness (QED) is 0.740. The molecule has 0 spiro atoms. The van der Waals surface area contributed by atoms with Gasteiger partial charge in [-0.15, -0.1) is 0 Å². The number of hydrogen-bond donors (Lipinski definition) is 1. The summed E-state index contributed by atoms with van der Waals surface area (Å²) in [6.07, 6.45) is 0. The predicted molar refractivity (Wildman–Crippen MR) is 99.0 cm³/mol. The zero-order valence-electron chi connectivity index (χ0n) is 14.7. The van der Waals surface area contributed by atoms with Gasteiger partial charge in [0, 0.05) is 24.3 Å². The molecule has 0 bridgehead atoms. The number of hydrogen-bond acceptors (Lipinski definition) is 2. The van der Waals surface area contributed by atoms with E-state index in [9.17, 15) is 0 Å². The van der Waals surface area contributed by atoms with Gasteiger partial charge < -0.3 is 5.32 Å². The smallest absolute Gasteiger partial charge is 0.0662 e. The van der Waals surface area contributed by atoms with Crippen molar-refractivity contribution < 1.29 is 0 Å². The van der Waals surface area contributed by atoms with E-state index < -0.39 is 0 Å². The Labute approximate surface area is 144 Å². The van der Waals surface area contributed by atoms with E-state index >= 15 is 0 Å².